The molecule has 2 aromatic carbocycles. The van der Waals surface area contributed by atoms with Crippen LogP contribution in [-0.4, -0.2) is 22.0 Å². The lowest BCUT2D eigenvalue weighted by Crippen LogP contribution is -2.09. The molecule has 0 atom stereocenters. The van der Waals surface area contributed by atoms with Crippen molar-refractivity contribution < 1.29 is 19.2 Å². The predicted molar refractivity (Wildman–Crippen MR) is 134 cm³/mol. The van der Waals surface area contributed by atoms with Gasteiger partial charge in [-0.05, 0) is 127 Å². The molecule has 0 amide bonds. The van der Waals surface area contributed by atoms with Crippen LogP contribution in [0.25, 0.3) is 11.1 Å². The molecule has 2 radical (unpaired) electrons. The summed E-state index contributed by atoms with van der Waals surface area (Å²) in [6.07, 6.45) is 3.44. The molecule has 4 nitrogen and oxygen atoms in total. The van der Waals surface area contributed by atoms with Crippen LogP contribution in [0.4, 0.5) is 0 Å². The van der Waals surface area contributed by atoms with Gasteiger partial charge in [0, 0.05) is 43.5 Å². The predicted octanol–water partition coefficient (Wildman–Crippen LogP) is 7.91. The van der Waals surface area contributed by atoms with Crippen molar-refractivity contribution in [3.05, 3.63) is 49.1 Å². The monoisotopic (exact) mass is 887 g/mol. The summed E-state index contributed by atoms with van der Waals surface area (Å²) in [4.78, 5) is 48.0. The molecular formula is C16Br8O4. The number of hydrogen-bond donors (Lipinski definition) is 0. The van der Waals surface area contributed by atoms with E-state index in [9.17, 15) is 19.2 Å². The highest BCUT2D eigenvalue weighted by molar-refractivity contribution is 9.19. The van der Waals surface area contributed by atoms with Gasteiger partial charge in [0.05, 0.1) is 16.7 Å². The zero-order valence-corrected chi connectivity index (χ0v) is 25.3. The largest absolute Gasteiger partial charge is 0.285 e. The molecule has 144 valence electrons. The Morgan fingerprint density at radius 2 is 0.964 bits per heavy atom. The van der Waals surface area contributed by atoms with Gasteiger partial charge in [-0.25, -0.2) is 0 Å². The van der Waals surface area contributed by atoms with E-state index in [1.54, 1.807) is 12.6 Å². The Balaban J connectivity index is 3.30. The summed E-state index contributed by atoms with van der Waals surface area (Å²) in [6.45, 7) is 0. The first-order valence-corrected chi connectivity index (χ1v) is 12.9. The second kappa shape index (κ2) is 10.1. The van der Waals surface area contributed by atoms with Crippen LogP contribution in [0.5, 0.6) is 0 Å². The summed E-state index contributed by atoms with van der Waals surface area (Å²) < 4.78 is 0.970. The van der Waals surface area contributed by atoms with Crippen LogP contribution >= 0.6 is 127 Å². The quantitative estimate of drug-likeness (QED) is 0.226. The van der Waals surface area contributed by atoms with E-state index < -0.39 is 9.39 Å². The first kappa shape index (κ1) is 25.2. The highest BCUT2D eigenvalue weighted by Gasteiger charge is 2.32. The third kappa shape index (κ3) is 4.31. The molecule has 0 saturated heterocycles. The van der Waals surface area contributed by atoms with E-state index in [-0.39, 0.29) is 37.9 Å². The maximum atomic E-state index is 12.5. The van der Waals surface area contributed by atoms with Crippen molar-refractivity contribution in [2.75, 3.05) is 0 Å². The van der Waals surface area contributed by atoms with E-state index in [0.717, 1.165) is 0 Å². The van der Waals surface area contributed by atoms with Crippen molar-refractivity contribution in [1.82, 2.24) is 0 Å². The Hall–Kier alpha value is 0.960. The number of hydrogen-bond acceptors (Lipinski definition) is 4. The lowest BCUT2D eigenvalue weighted by Gasteiger charge is -2.20. The highest BCUT2D eigenvalue weighted by atomic mass is 79.9. The van der Waals surface area contributed by atoms with E-state index >= 15 is 0 Å². The zero-order chi connectivity index (χ0) is 21.5. The summed E-state index contributed by atoms with van der Waals surface area (Å²) in [5.41, 5.74) is 0.106. The summed E-state index contributed by atoms with van der Waals surface area (Å²) in [6, 6.07) is 0. The number of benzene rings is 2. The van der Waals surface area contributed by atoms with Crippen LogP contribution in [0.3, 0.4) is 0 Å². The van der Waals surface area contributed by atoms with Crippen LogP contribution < -0.4 is 0 Å². The lowest BCUT2D eigenvalue weighted by molar-refractivity contribution is 0.106. The first-order valence-electron chi connectivity index (χ1n) is 6.58. The molecule has 2 aromatic rings. The molecule has 0 aromatic heterocycles. The van der Waals surface area contributed by atoms with Crippen molar-refractivity contribution in [3.63, 3.8) is 0 Å². The molecule has 0 saturated carbocycles. The lowest BCUT2D eigenvalue weighted by atomic mass is 9.91. The van der Waals surface area contributed by atoms with E-state index in [1.807, 2.05) is 0 Å². The molecule has 0 aliphatic rings. The summed E-state index contributed by atoms with van der Waals surface area (Å²) in [7, 11) is 0. The molecule has 0 aliphatic heterocycles. The molecule has 28 heavy (non-hydrogen) atoms. The van der Waals surface area contributed by atoms with Gasteiger partial charge in [0.25, 0.3) is 0 Å². The van der Waals surface area contributed by atoms with Crippen LogP contribution in [0.2, 0.25) is 0 Å². The van der Waals surface area contributed by atoms with Crippen molar-refractivity contribution in [1.29, 1.82) is 0 Å². The molecular weight excluding hydrogens is 895 g/mol. The number of carbonyl (C=O) groups is 2. The average Bonchev–Trinajstić information content (AvgIpc) is 2.63. The normalized spacial score (nSPS) is 10.7. The van der Waals surface area contributed by atoms with Crippen LogP contribution in [0.1, 0.15) is 31.8 Å². The minimum absolute atomic E-state index is 0.0198. The van der Waals surface area contributed by atoms with Crippen molar-refractivity contribution in [2.45, 2.75) is 0 Å². The van der Waals surface area contributed by atoms with Crippen LogP contribution in [0.15, 0.2) is 26.8 Å². The maximum absolute atomic E-state index is 12.5. The number of rotatable bonds is 5. The van der Waals surface area contributed by atoms with Gasteiger partial charge in [-0.2, -0.15) is 0 Å². The van der Waals surface area contributed by atoms with Gasteiger partial charge in [-0.3, -0.25) is 19.2 Å². The molecule has 0 N–H and O–H groups in total. The van der Waals surface area contributed by atoms with E-state index in [4.69, 9.17) is 0 Å². The molecule has 0 bridgehead atoms. The molecule has 0 aliphatic carbocycles. The van der Waals surface area contributed by atoms with Gasteiger partial charge in [-0.1, -0.05) is 0 Å². The van der Waals surface area contributed by atoms with Gasteiger partial charge < -0.3 is 0 Å². The van der Waals surface area contributed by atoms with Gasteiger partial charge in [0.2, 0.25) is 22.0 Å². The van der Waals surface area contributed by atoms with Crippen LogP contribution in [0, 0.1) is 0 Å². The molecule has 0 heterocycles. The topological polar surface area (TPSA) is 68.3 Å². The van der Waals surface area contributed by atoms with Gasteiger partial charge >= 0.3 is 0 Å². The minimum atomic E-state index is -0.612. The maximum Gasteiger partial charge on any atom is 0.235 e. The molecule has 12 heteroatoms. The smallest absolute Gasteiger partial charge is 0.235 e. The third-order valence-electron chi connectivity index (χ3n) is 3.50. The van der Waals surface area contributed by atoms with Crippen molar-refractivity contribution >= 4 is 149 Å². The highest BCUT2D eigenvalue weighted by Crippen LogP contribution is 2.51. The molecule has 0 fully saturated rings. The number of carbonyl (C=O) groups excluding carboxylic acids is 4. The van der Waals surface area contributed by atoms with Crippen molar-refractivity contribution in [2.24, 2.45) is 0 Å². The van der Waals surface area contributed by atoms with Gasteiger partial charge in [0.1, 0.15) is 0 Å². The first-order chi connectivity index (χ1) is 13.0. The number of halogens is 8. The van der Waals surface area contributed by atoms with E-state index in [2.05, 4.69) is 127 Å². The molecule has 2 rings (SSSR count). The second-order valence-corrected chi connectivity index (χ2v) is 11.1. The second-order valence-electron chi connectivity index (χ2n) is 4.89. The zero-order valence-electron chi connectivity index (χ0n) is 12.7. The Kier molecular flexibility index (Phi) is 9.06. The summed E-state index contributed by atoms with van der Waals surface area (Å²) in [5, 5.41) is 0. The fourth-order valence-electron chi connectivity index (χ4n) is 2.37. The third-order valence-corrected chi connectivity index (χ3v) is 11.2. The Labute approximate surface area is 226 Å². The molecule has 0 spiro atoms. The van der Waals surface area contributed by atoms with Gasteiger partial charge in [0.15, 0.2) is 0 Å². The van der Waals surface area contributed by atoms with E-state index in [0.29, 0.717) is 22.4 Å². The standard InChI is InChI=1S/C16Br8O4/c17-9-4(2-26)3(1-25)5(10(18)13(9)21)6-7(15(23)27)8(16(24)28)12(20)14(22)11(6)19. The Bertz CT molecular complexity index is 1080. The average molecular weight is 895 g/mol. The fraction of sp³-hybridized carbons (Fsp3) is 0. The summed E-state index contributed by atoms with van der Waals surface area (Å²) >= 11 is 25.8. The van der Waals surface area contributed by atoms with Crippen LogP contribution in [-0.2, 0) is 9.59 Å². The van der Waals surface area contributed by atoms with Crippen molar-refractivity contribution in [3.8, 4) is 11.1 Å². The molecule has 0 unspecified atom stereocenters. The minimum Gasteiger partial charge on any atom is -0.285 e. The van der Waals surface area contributed by atoms with Gasteiger partial charge in [-0.15, -0.1) is 0 Å². The summed E-state index contributed by atoms with van der Waals surface area (Å²) in [5.74, 6) is 0. The Morgan fingerprint density at radius 3 is 1.39 bits per heavy atom. The Morgan fingerprint density at radius 1 is 0.536 bits per heavy atom. The fourth-order valence-corrected chi connectivity index (χ4v) is 7.00. The SMILES string of the molecule is O=[C]c1c(Br)c(Br)c(Br)c(-c2c(Br)c(Br)c(Br)c(C(=O)Br)c2C(=O)Br)c1[C]=O. The van der Waals surface area contributed by atoms with E-state index in [1.165, 1.54) is 0 Å².